The van der Waals surface area contributed by atoms with Gasteiger partial charge in [-0.15, -0.1) is 0 Å². The third-order valence-corrected chi connectivity index (χ3v) is 6.98. The van der Waals surface area contributed by atoms with Gasteiger partial charge in [-0.3, -0.25) is 4.98 Å². The lowest BCUT2D eigenvalue weighted by molar-refractivity contribution is 1.18. The zero-order valence-electron chi connectivity index (χ0n) is 19.1. The molecular formula is C31H19Br2N3. The van der Waals surface area contributed by atoms with Gasteiger partial charge in [0.2, 0.25) is 0 Å². The van der Waals surface area contributed by atoms with E-state index in [1.54, 1.807) is 6.20 Å². The Hall–Kier alpha value is -3.67. The molecule has 0 aliphatic rings. The van der Waals surface area contributed by atoms with Crippen molar-refractivity contribution < 1.29 is 0 Å². The van der Waals surface area contributed by atoms with Crippen LogP contribution >= 0.6 is 31.9 Å². The first-order valence-electron chi connectivity index (χ1n) is 11.5. The molecule has 0 aliphatic carbocycles. The molecular weight excluding hydrogens is 574 g/mol. The van der Waals surface area contributed by atoms with Crippen LogP contribution in [0.2, 0.25) is 0 Å². The summed E-state index contributed by atoms with van der Waals surface area (Å²) in [5.74, 6) is 0.695. The lowest BCUT2D eigenvalue weighted by Gasteiger charge is -2.11. The van der Waals surface area contributed by atoms with Crippen molar-refractivity contribution in [1.29, 1.82) is 0 Å². The number of pyridine rings is 1. The highest BCUT2D eigenvalue weighted by atomic mass is 79.9. The molecule has 36 heavy (non-hydrogen) atoms. The molecule has 0 saturated carbocycles. The third kappa shape index (κ3) is 4.72. The normalized spacial score (nSPS) is 11.1. The molecule has 6 rings (SSSR count). The summed E-state index contributed by atoms with van der Waals surface area (Å²) >= 11 is 7.23. The van der Waals surface area contributed by atoms with Crippen LogP contribution in [-0.4, -0.2) is 15.0 Å². The quantitative estimate of drug-likeness (QED) is 0.205. The molecule has 4 aromatic carbocycles. The lowest BCUT2D eigenvalue weighted by atomic mass is 10.0. The number of hydrogen-bond acceptors (Lipinski definition) is 3. The highest BCUT2D eigenvalue weighted by molar-refractivity contribution is 9.11. The second-order valence-corrected chi connectivity index (χ2v) is 10.3. The van der Waals surface area contributed by atoms with Gasteiger partial charge < -0.3 is 0 Å². The summed E-state index contributed by atoms with van der Waals surface area (Å²) in [4.78, 5) is 14.2. The molecule has 172 valence electrons. The first kappa shape index (κ1) is 22.8. The first-order valence-corrected chi connectivity index (χ1v) is 13.1. The van der Waals surface area contributed by atoms with Gasteiger partial charge in [0.1, 0.15) is 0 Å². The number of hydrogen-bond donors (Lipinski definition) is 0. The minimum Gasteiger partial charge on any atom is -0.264 e. The fourth-order valence-electron chi connectivity index (χ4n) is 4.27. The molecule has 2 aromatic heterocycles. The lowest BCUT2D eigenvalue weighted by Crippen LogP contribution is -1.96. The van der Waals surface area contributed by atoms with Crippen molar-refractivity contribution >= 4 is 42.6 Å². The molecule has 0 fully saturated rings. The van der Waals surface area contributed by atoms with Crippen molar-refractivity contribution in [2.24, 2.45) is 0 Å². The SMILES string of the molecule is Brc1cc(Br)cc(-c2cc(-c3ccc(-c4cccnc4)cc3)nc(-c3ccc4ccccc4c3)n2)c1. The van der Waals surface area contributed by atoms with Gasteiger partial charge in [-0.05, 0) is 58.3 Å². The van der Waals surface area contributed by atoms with Crippen molar-refractivity contribution in [1.82, 2.24) is 15.0 Å². The summed E-state index contributed by atoms with van der Waals surface area (Å²) in [6, 6.07) is 35.4. The maximum atomic E-state index is 5.01. The molecule has 0 radical (unpaired) electrons. The molecule has 0 aliphatic heterocycles. The fraction of sp³-hybridized carbons (Fsp3) is 0. The van der Waals surface area contributed by atoms with Gasteiger partial charge in [0, 0.05) is 38.0 Å². The number of aromatic nitrogens is 3. The van der Waals surface area contributed by atoms with Crippen LogP contribution in [0.1, 0.15) is 0 Å². The average molecular weight is 593 g/mol. The minimum atomic E-state index is 0.695. The molecule has 0 atom stereocenters. The summed E-state index contributed by atoms with van der Waals surface area (Å²) in [6.07, 6.45) is 3.66. The summed E-state index contributed by atoms with van der Waals surface area (Å²) in [5.41, 5.74) is 6.96. The Labute approximate surface area is 226 Å². The van der Waals surface area contributed by atoms with Crippen LogP contribution in [0, 0.1) is 0 Å². The van der Waals surface area contributed by atoms with E-state index in [1.165, 1.54) is 5.39 Å². The Balaban J connectivity index is 1.50. The van der Waals surface area contributed by atoms with E-state index in [0.29, 0.717) is 5.82 Å². The first-order chi connectivity index (χ1) is 17.6. The zero-order chi connectivity index (χ0) is 24.5. The Morgan fingerprint density at radius 2 is 1.14 bits per heavy atom. The molecule has 5 heteroatoms. The largest absolute Gasteiger partial charge is 0.264 e. The van der Waals surface area contributed by atoms with Crippen molar-refractivity contribution in [3.05, 3.63) is 124 Å². The second-order valence-electron chi connectivity index (χ2n) is 8.50. The number of fused-ring (bicyclic) bond motifs is 1. The van der Waals surface area contributed by atoms with Gasteiger partial charge >= 0.3 is 0 Å². The molecule has 6 aromatic rings. The zero-order valence-corrected chi connectivity index (χ0v) is 22.2. The maximum Gasteiger partial charge on any atom is 0.160 e. The standard InChI is InChI=1S/C31H19Br2N3/c32-27-15-26(16-28(33)17-27)30-18-29(22-10-7-21(8-11-22)25-6-3-13-34-19-25)35-31(36-30)24-12-9-20-4-1-2-5-23(20)14-24/h1-19H. The summed E-state index contributed by atoms with van der Waals surface area (Å²) in [7, 11) is 0. The molecule has 0 unspecified atom stereocenters. The summed E-state index contributed by atoms with van der Waals surface area (Å²) < 4.78 is 1.97. The monoisotopic (exact) mass is 591 g/mol. The fourth-order valence-corrected chi connectivity index (χ4v) is 5.56. The average Bonchev–Trinajstić information content (AvgIpc) is 2.92. The Kier molecular flexibility index (Phi) is 6.18. The van der Waals surface area contributed by atoms with E-state index < -0.39 is 0 Å². The number of halogens is 2. The second kappa shape index (κ2) is 9.76. The van der Waals surface area contributed by atoms with Gasteiger partial charge in [-0.2, -0.15) is 0 Å². The molecule has 0 saturated heterocycles. The number of rotatable bonds is 4. The van der Waals surface area contributed by atoms with Gasteiger partial charge in [0.25, 0.3) is 0 Å². The topological polar surface area (TPSA) is 38.7 Å². The van der Waals surface area contributed by atoms with E-state index in [2.05, 4.69) is 128 Å². The van der Waals surface area contributed by atoms with Crippen molar-refractivity contribution in [2.75, 3.05) is 0 Å². The van der Waals surface area contributed by atoms with E-state index in [1.807, 2.05) is 18.3 Å². The Morgan fingerprint density at radius 1 is 0.472 bits per heavy atom. The minimum absolute atomic E-state index is 0.695. The summed E-state index contributed by atoms with van der Waals surface area (Å²) in [6.45, 7) is 0. The van der Waals surface area contributed by atoms with Gasteiger partial charge in [-0.1, -0.05) is 98.6 Å². The predicted molar refractivity (Wildman–Crippen MR) is 154 cm³/mol. The molecule has 2 heterocycles. The van der Waals surface area contributed by atoms with E-state index in [9.17, 15) is 0 Å². The van der Waals surface area contributed by atoms with E-state index in [0.717, 1.165) is 53.5 Å². The maximum absolute atomic E-state index is 5.01. The molecule has 0 amide bonds. The van der Waals surface area contributed by atoms with Crippen LogP contribution in [0.3, 0.4) is 0 Å². The molecule has 3 nitrogen and oxygen atoms in total. The number of nitrogens with zero attached hydrogens (tertiary/aromatic N) is 3. The van der Waals surface area contributed by atoms with Gasteiger partial charge in [-0.25, -0.2) is 9.97 Å². The van der Waals surface area contributed by atoms with Crippen LogP contribution in [0.15, 0.2) is 124 Å². The van der Waals surface area contributed by atoms with E-state index in [4.69, 9.17) is 9.97 Å². The highest BCUT2D eigenvalue weighted by Crippen LogP contribution is 2.32. The van der Waals surface area contributed by atoms with Crippen molar-refractivity contribution in [2.45, 2.75) is 0 Å². The Bertz CT molecular complexity index is 1680. The molecule has 0 N–H and O–H groups in total. The van der Waals surface area contributed by atoms with Crippen molar-refractivity contribution in [3.63, 3.8) is 0 Å². The van der Waals surface area contributed by atoms with E-state index >= 15 is 0 Å². The Morgan fingerprint density at radius 3 is 1.86 bits per heavy atom. The predicted octanol–water partition coefficient (Wildman–Crippen LogP) is 9.22. The van der Waals surface area contributed by atoms with Crippen LogP contribution in [-0.2, 0) is 0 Å². The van der Waals surface area contributed by atoms with Gasteiger partial charge in [0.15, 0.2) is 5.82 Å². The molecule has 0 spiro atoms. The van der Waals surface area contributed by atoms with E-state index in [-0.39, 0.29) is 0 Å². The summed E-state index contributed by atoms with van der Waals surface area (Å²) in [5, 5.41) is 2.36. The van der Waals surface area contributed by atoms with Crippen LogP contribution in [0.4, 0.5) is 0 Å². The van der Waals surface area contributed by atoms with Crippen molar-refractivity contribution in [3.8, 4) is 45.0 Å². The third-order valence-electron chi connectivity index (χ3n) is 6.07. The van der Waals surface area contributed by atoms with Crippen LogP contribution in [0.5, 0.6) is 0 Å². The smallest absolute Gasteiger partial charge is 0.160 e. The van der Waals surface area contributed by atoms with Crippen LogP contribution < -0.4 is 0 Å². The van der Waals surface area contributed by atoms with Crippen LogP contribution in [0.25, 0.3) is 55.8 Å². The molecule has 0 bridgehead atoms. The highest BCUT2D eigenvalue weighted by Gasteiger charge is 2.12. The van der Waals surface area contributed by atoms with Gasteiger partial charge in [0.05, 0.1) is 11.4 Å². The number of benzene rings is 4.